The van der Waals surface area contributed by atoms with Crippen molar-refractivity contribution >= 4 is 0 Å². The minimum Gasteiger partial charge on any atom is -0.392 e. The quantitative estimate of drug-likeness (QED) is 0.525. The molecule has 3 fully saturated rings. The molecule has 27 heavy (non-hydrogen) atoms. The monoisotopic (exact) mass is 370 g/mol. The van der Waals surface area contributed by atoms with E-state index in [1.807, 2.05) is 0 Å². The first-order valence-electron chi connectivity index (χ1n) is 12.2. The van der Waals surface area contributed by atoms with E-state index in [0.717, 1.165) is 36.0 Å². The number of aliphatic hydroxyl groups excluding tert-OH is 1. The van der Waals surface area contributed by atoms with Gasteiger partial charge in [0, 0.05) is 5.92 Å². The number of hydrogen-bond acceptors (Lipinski definition) is 1. The van der Waals surface area contributed by atoms with Gasteiger partial charge in [-0.3, -0.25) is 0 Å². The molecule has 4 aliphatic carbocycles. The third kappa shape index (κ3) is 4.72. The Morgan fingerprint density at radius 2 is 1.52 bits per heavy atom. The molecule has 0 aromatic rings. The lowest BCUT2D eigenvalue weighted by molar-refractivity contribution is 0.0411. The normalized spacial score (nSPS) is 41.8. The fraction of sp³-hybridized carbons (Fsp3) is 0.846. The molecule has 4 rings (SSSR count). The predicted molar refractivity (Wildman–Crippen MR) is 114 cm³/mol. The molecule has 4 atom stereocenters. The van der Waals surface area contributed by atoms with Crippen molar-refractivity contribution in [2.45, 2.75) is 103 Å². The van der Waals surface area contributed by atoms with Crippen molar-refractivity contribution in [3.63, 3.8) is 0 Å². The minimum absolute atomic E-state index is 0.0524. The van der Waals surface area contributed by atoms with Crippen LogP contribution < -0.4 is 0 Å². The summed E-state index contributed by atoms with van der Waals surface area (Å²) in [4.78, 5) is 0. The van der Waals surface area contributed by atoms with Gasteiger partial charge in [-0.25, -0.2) is 0 Å². The van der Waals surface area contributed by atoms with Crippen LogP contribution in [0, 0.1) is 35.5 Å². The molecule has 0 aromatic heterocycles. The lowest BCUT2D eigenvalue weighted by atomic mass is 9.67. The Labute approximate surface area is 167 Å². The second kappa shape index (κ2) is 9.29. The molecule has 0 saturated heterocycles. The first-order chi connectivity index (χ1) is 13.2. The zero-order chi connectivity index (χ0) is 18.6. The van der Waals surface area contributed by atoms with Gasteiger partial charge in [0.05, 0.1) is 6.10 Å². The smallest absolute Gasteiger partial charge is 0.0608 e. The molecule has 1 nitrogen and oxygen atoms in total. The lowest BCUT2D eigenvalue weighted by Crippen LogP contribution is -2.34. The molecular formula is C26H42O. The highest BCUT2D eigenvalue weighted by atomic mass is 16.3. The number of aliphatic hydroxyl groups is 1. The first kappa shape index (κ1) is 19.7. The van der Waals surface area contributed by atoms with Gasteiger partial charge in [-0.2, -0.15) is 0 Å². The molecule has 0 bridgehead atoms. The van der Waals surface area contributed by atoms with Crippen molar-refractivity contribution in [2.24, 2.45) is 35.5 Å². The average molecular weight is 371 g/mol. The van der Waals surface area contributed by atoms with Crippen LogP contribution in [0.2, 0.25) is 0 Å². The maximum atomic E-state index is 10.9. The molecule has 0 amide bonds. The van der Waals surface area contributed by atoms with Crippen LogP contribution in [0.15, 0.2) is 23.8 Å². The summed E-state index contributed by atoms with van der Waals surface area (Å²) in [6.07, 6.45) is 26.3. The maximum absolute atomic E-state index is 10.9. The van der Waals surface area contributed by atoms with E-state index in [-0.39, 0.29) is 6.10 Å². The second-order valence-corrected chi connectivity index (χ2v) is 10.3. The predicted octanol–water partition coefficient (Wildman–Crippen LogP) is 7.06. The van der Waals surface area contributed by atoms with Gasteiger partial charge in [-0.05, 0) is 101 Å². The van der Waals surface area contributed by atoms with Crippen LogP contribution in [0.3, 0.4) is 0 Å². The largest absolute Gasteiger partial charge is 0.392 e. The van der Waals surface area contributed by atoms with E-state index in [1.54, 1.807) is 5.57 Å². The number of allylic oxidation sites excluding steroid dienone is 3. The Morgan fingerprint density at radius 3 is 2.15 bits per heavy atom. The van der Waals surface area contributed by atoms with Gasteiger partial charge in [0.2, 0.25) is 0 Å². The van der Waals surface area contributed by atoms with Crippen LogP contribution in [0.4, 0.5) is 0 Å². The summed E-state index contributed by atoms with van der Waals surface area (Å²) in [7, 11) is 0. The third-order valence-electron chi connectivity index (χ3n) is 8.83. The van der Waals surface area contributed by atoms with Crippen LogP contribution in [0.1, 0.15) is 96.8 Å². The van der Waals surface area contributed by atoms with Gasteiger partial charge in [-0.15, -0.1) is 0 Å². The molecule has 4 aliphatic rings. The van der Waals surface area contributed by atoms with Crippen molar-refractivity contribution in [2.75, 3.05) is 0 Å². The summed E-state index contributed by atoms with van der Waals surface area (Å²) < 4.78 is 0. The Bertz CT molecular complexity index is 518. The highest BCUT2D eigenvalue weighted by Gasteiger charge is 2.37. The Kier molecular flexibility index (Phi) is 6.79. The van der Waals surface area contributed by atoms with Gasteiger partial charge in [0.25, 0.3) is 0 Å². The lowest BCUT2D eigenvalue weighted by Gasteiger charge is -2.40. The van der Waals surface area contributed by atoms with E-state index in [4.69, 9.17) is 0 Å². The SMILES string of the molecule is C/C=C/C1CCC(C2CC=C(C3CCC(C4CCCC4)CC3O)CC2)CC1. The zero-order valence-corrected chi connectivity index (χ0v) is 17.6. The standard InChI is InChI=1S/C26H42O/c1-2-5-19-8-10-21(11-9-19)22-12-14-23(15-13-22)25-17-16-24(18-26(25)27)20-6-3-4-7-20/h2,5,14,19-22,24-27H,3-4,6-13,15-18H2,1H3/b5-2+. The Morgan fingerprint density at radius 1 is 0.815 bits per heavy atom. The first-order valence-corrected chi connectivity index (χ1v) is 12.2. The summed E-state index contributed by atoms with van der Waals surface area (Å²) in [5.41, 5.74) is 1.63. The molecular weight excluding hydrogens is 328 g/mol. The summed E-state index contributed by atoms with van der Waals surface area (Å²) >= 11 is 0. The van der Waals surface area contributed by atoms with Crippen molar-refractivity contribution in [3.8, 4) is 0 Å². The molecule has 152 valence electrons. The van der Waals surface area contributed by atoms with Crippen molar-refractivity contribution in [3.05, 3.63) is 23.8 Å². The van der Waals surface area contributed by atoms with Crippen molar-refractivity contribution in [1.82, 2.24) is 0 Å². The van der Waals surface area contributed by atoms with E-state index in [2.05, 4.69) is 25.2 Å². The average Bonchev–Trinajstić information content (AvgIpc) is 3.24. The molecule has 0 spiro atoms. The van der Waals surface area contributed by atoms with Gasteiger partial charge in [0.1, 0.15) is 0 Å². The van der Waals surface area contributed by atoms with E-state index in [1.165, 1.54) is 83.5 Å². The van der Waals surface area contributed by atoms with Gasteiger partial charge in [0.15, 0.2) is 0 Å². The summed E-state index contributed by atoms with van der Waals surface area (Å²) in [5, 5.41) is 10.9. The van der Waals surface area contributed by atoms with E-state index in [9.17, 15) is 5.11 Å². The highest BCUT2D eigenvalue weighted by Crippen LogP contribution is 2.46. The molecule has 1 heteroatoms. The molecule has 0 heterocycles. The molecule has 3 saturated carbocycles. The molecule has 0 aliphatic heterocycles. The summed E-state index contributed by atoms with van der Waals surface area (Å²) in [6.45, 7) is 2.16. The molecule has 0 aromatic carbocycles. The summed E-state index contributed by atoms with van der Waals surface area (Å²) in [5.74, 6) is 4.99. The van der Waals surface area contributed by atoms with E-state index in [0.29, 0.717) is 5.92 Å². The topological polar surface area (TPSA) is 20.2 Å². The zero-order valence-electron chi connectivity index (χ0n) is 17.6. The molecule has 4 unspecified atom stereocenters. The van der Waals surface area contributed by atoms with E-state index < -0.39 is 0 Å². The second-order valence-electron chi connectivity index (χ2n) is 10.3. The van der Waals surface area contributed by atoms with Gasteiger partial charge in [-0.1, -0.05) is 49.5 Å². The molecule has 1 N–H and O–H groups in total. The molecule has 0 radical (unpaired) electrons. The Balaban J connectivity index is 1.26. The number of rotatable bonds is 4. The van der Waals surface area contributed by atoms with Crippen molar-refractivity contribution < 1.29 is 5.11 Å². The fourth-order valence-corrected chi connectivity index (χ4v) is 7.19. The van der Waals surface area contributed by atoms with Crippen LogP contribution in [0.25, 0.3) is 0 Å². The fourth-order valence-electron chi connectivity index (χ4n) is 7.19. The van der Waals surface area contributed by atoms with Gasteiger partial charge < -0.3 is 5.11 Å². The van der Waals surface area contributed by atoms with Crippen LogP contribution in [0.5, 0.6) is 0 Å². The van der Waals surface area contributed by atoms with Crippen LogP contribution in [-0.2, 0) is 0 Å². The maximum Gasteiger partial charge on any atom is 0.0608 e. The Hall–Kier alpha value is -0.560. The van der Waals surface area contributed by atoms with Crippen LogP contribution >= 0.6 is 0 Å². The van der Waals surface area contributed by atoms with E-state index >= 15 is 0 Å². The van der Waals surface area contributed by atoms with Crippen LogP contribution in [-0.4, -0.2) is 11.2 Å². The summed E-state index contributed by atoms with van der Waals surface area (Å²) in [6, 6.07) is 0. The highest BCUT2D eigenvalue weighted by molar-refractivity contribution is 5.14. The van der Waals surface area contributed by atoms with Gasteiger partial charge >= 0.3 is 0 Å². The van der Waals surface area contributed by atoms with Crippen molar-refractivity contribution in [1.29, 1.82) is 0 Å². The minimum atomic E-state index is -0.0524. The third-order valence-corrected chi connectivity index (χ3v) is 8.83. The number of hydrogen-bond donors (Lipinski definition) is 1.